The number of amides is 1. The third-order valence-electron chi connectivity index (χ3n) is 4.05. The Morgan fingerprint density at radius 1 is 1.16 bits per heavy atom. The van der Waals surface area contributed by atoms with Crippen LogP contribution >= 0.6 is 0 Å². The number of tetrazole rings is 1. The van der Waals surface area contributed by atoms with E-state index in [1.54, 1.807) is 4.90 Å². The minimum atomic E-state index is -0.481. The van der Waals surface area contributed by atoms with Crippen molar-refractivity contribution in [2.24, 2.45) is 0 Å². The summed E-state index contributed by atoms with van der Waals surface area (Å²) in [7, 11) is 0. The van der Waals surface area contributed by atoms with Crippen LogP contribution in [0.15, 0.2) is 30.3 Å². The number of carbonyl (C=O) groups excluding carboxylic acids is 1. The Bertz CT molecular complexity index is 675. The second kappa shape index (κ2) is 7.18. The predicted octanol–water partition coefficient (Wildman–Crippen LogP) is 1.84. The monoisotopic (exact) mass is 344 g/mol. The van der Waals surface area contributed by atoms with Crippen molar-refractivity contribution in [2.45, 2.75) is 32.4 Å². The van der Waals surface area contributed by atoms with E-state index in [1.807, 2.05) is 39.0 Å². The highest BCUT2D eigenvalue weighted by molar-refractivity contribution is 5.68. The molecule has 8 nitrogen and oxygen atoms in total. The fourth-order valence-corrected chi connectivity index (χ4v) is 2.93. The van der Waals surface area contributed by atoms with Gasteiger partial charge in [0.1, 0.15) is 5.60 Å². The fraction of sp³-hybridized carbons (Fsp3) is 0.529. The summed E-state index contributed by atoms with van der Waals surface area (Å²) in [4.78, 5) is 16.2. The highest BCUT2D eigenvalue weighted by Crippen LogP contribution is 2.26. The lowest BCUT2D eigenvalue weighted by molar-refractivity contribution is 0.0116. The Kier molecular flexibility index (Phi) is 4.98. The minimum Gasteiger partial charge on any atom is -0.444 e. The van der Waals surface area contributed by atoms with Gasteiger partial charge in [-0.05, 0) is 26.3 Å². The van der Waals surface area contributed by atoms with Crippen LogP contribution < -0.4 is 0 Å². The molecule has 1 fully saturated rings. The normalized spacial score (nSPS) is 17.3. The molecular weight excluding hydrogens is 320 g/mol. The van der Waals surface area contributed by atoms with E-state index in [1.165, 1.54) is 0 Å². The van der Waals surface area contributed by atoms with Crippen molar-refractivity contribution in [1.29, 1.82) is 0 Å². The third kappa shape index (κ3) is 4.33. The quantitative estimate of drug-likeness (QED) is 0.914. The lowest BCUT2D eigenvalue weighted by Gasteiger charge is -2.38. The van der Waals surface area contributed by atoms with E-state index in [0.29, 0.717) is 32.0 Å². The van der Waals surface area contributed by atoms with Crippen molar-refractivity contribution in [3.05, 3.63) is 41.7 Å². The van der Waals surface area contributed by atoms with Gasteiger partial charge in [0, 0.05) is 26.2 Å². The molecule has 1 aliphatic rings. The molecule has 3 rings (SSSR count). The maximum absolute atomic E-state index is 12.2. The second-order valence-electron chi connectivity index (χ2n) is 7.09. The second-order valence-corrected chi connectivity index (χ2v) is 7.09. The summed E-state index contributed by atoms with van der Waals surface area (Å²) in [6, 6.07) is 10.0. The van der Waals surface area contributed by atoms with Crippen molar-refractivity contribution >= 4 is 6.09 Å². The first kappa shape index (κ1) is 17.3. The molecule has 1 saturated heterocycles. The number of aromatic nitrogens is 4. The molecule has 8 heteroatoms. The van der Waals surface area contributed by atoms with Gasteiger partial charge in [-0.3, -0.25) is 4.90 Å². The molecule has 1 amide bonds. The largest absolute Gasteiger partial charge is 0.444 e. The Balaban J connectivity index is 1.70. The number of H-pyrrole nitrogens is 1. The molecule has 1 aromatic carbocycles. The average molecular weight is 344 g/mol. The summed E-state index contributed by atoms with van der Waals surface area (Å²) < 4.78 is 5.46. The molecule has 2 aromatic rings. The van der Waals surface area contributed by atoms with Gasteiger partial charge in [-0.25, -0.2) is 4.79 Å². The fourth-order valence-electron chi connectivity index (χ4n) is 2.93. The van der Waals surface area contributed by atoms with Crippen LogP contribution in [0.5, 0.6) is 0 Å². The third-order valence-corrected chi connectivity index (χ3v) is 4.05. The number of hydrogen-bond acceptors (Lipinski definition) is 6. The Labute approximate surface area is 147 Å². The van der Waals surface area contributed by atoms with Crippen LogP contribution in [0, 0.1) is 0 Å². The number of aromatic amines is 1. The van der Waals surface area contributed by atoms with Gasteiger partial charge in [0.25, 0.3) is 0 Å². The maximum Gasteiger partial charge on any atom is 0.410 e. The lowest BCUT2D eigenvalue weighted by atomic mass is 10.0. The van der Waals surface area contributed by atoms with Crippen molar-refractivity contribution in [1.82, 2.24) is 30.4 Å². The molecule has 2 heterocycles. The number of carbonyl (C=O) groups is 1. The first-order valence-electron chi connectivity index (χ1n) is 8.44. The summed E-state index contributed by atoms with van der Waals surface area (Å²) >= 11 is 0. The van der Waals surface area contributed by atoms with Crippen LogP contribution in [0.1, 0.15) is 38.2 Å². The number of piperazine rings is 1. The minimum absolute atomic E-state index is 0.0827. The molecule has 1 atom stereocenters. The number of rotatable bonds is 3. The number of hydrogen-bond donors (Lipinski definition) is 1. The first-order valence-corrected chi connectivity index (χ1v) is 8.44. The van der Waals surface area contributed by atoms with Crippen LogP contribution in [0.4, 0.5) is 4.79 Å². The zero-order valence-corrected chi connectivity index (χ0v) is 14.8. The maximum atomic E-state index is 12.2. The van der Waals surface area contributed by atoms with E-state index in [-0.39, 0.29) is 12.1 Å². The lowest BCUT2D eigenvalue weighted by Crippen LogP contribution is -2.51. The van der Waals surface area contributed by atoms with E-state index in [9.17, 15) is 4.79 Å². The van der Waals surface area contributed by atoms with Gasteiger partial charge in [0.2, 0.25) is 0 Å². The van der Waals surface area contributed by atoms with Gasteiger partial charge in [-0.2, -0.15) is 5.21 Å². The topological polar surface area (TPSA) is 87.2 Å². The Morgan fingerprint density at radius 2 is 1.84 bits per heavy atom. The van der Waals surface area contributed by atoms with Crippen LogP contribution in [0.3, 0.4) is 0 Å². The molecule has 25 heavy (non-hydrogen) atoms. The molecule has 1 aromatic heterocycles. The van der Waals surface area contributed by atoms with Gasteiger partial charge < -0.3 is 9.64 Å². The van der Waals surface area contributed by atoms with Crippen molar-refractivity contribution in [2.75, 3.05) is 26.2 Å². The summed E-state index contributed by atoms with van der Waals surface area (Å²) in [5.41, 5.74) is 0.625. The van der Waals surface area contributed by atoms with Crippen molar-refractivity contribution < 1.29 is 9.53 Å². The van der Waals surface area contributed by atoms with Crippen LogP contribution in [-0.2, 0) is 4.74 Å². The van der Waals surface area contributed by atoms with Crippen LogP contribution in [0.2, 0.25) is 0 Å². The number of nitrogens with one attached hydrogen (secondary N) is 1. The van der Waals surface area contributed by atoms with Crippen molar-refractivity contribution in [3.8, 4) is 0 Å². The van der Waals surface area contributed by atoms with Gasteiger partial charge >= 0.3 is 6.09 Å². The standard InChI is InChI=1S/C17H24N6O2/c1-17(2,3)25-16(24)23-11-9-22(10-12-23)14(15-18-20-21-19-15)13-7-5-4-6-8-13/h4-8,14H,9-12H2,1-3H3,(H,18,19,20,21). The van der Waals surface area contributed by atoms with Gasteiger partial charge in [-0.1, -0.05) is 35.5 Å². The van der Waals surface area contributed by atoms with E-state index >= 15 is 0 Å². The van der Waals surface area contributed by atoms with E-state index in [2.05, 4.69) is 37.7 Å². The number of ether oxygens (including phenoxy) is 1. The smallest absolute Gasteiger partial charge is 0.410 e. The molecule has 134 valence electrons. The summed E-state index contributed by atoms with van der Waals surface area (Å²) in [6.45, 7) is 8.28. The Morgan fingerprint density at radius 3 is 2.40 bits per heavy atom. The van der Waals surface area contributed by atoms with E-state index in [4.69, 9.17) is 4.74 Å². The van der Waals surface area contributed by atoms with Crippen LogP contribution in [-0.4, -0.2) is 68.3 Å². The molecule has 1 N–H and O–H groups in total. The SMILES string of the molecule is CC(C)(C)OC(=O)N1CCN(C(c2ccccc2)c2nn[nH]n2)CC1. The molecule has 1 aliphatic heterocycles. The predicted molar refractivity (Wildman–Crippen MR) is 91.8 cm³/mol. The molecule has 1 unspecified atom stereocenters. The average Bonchev–Trinajstić information content (AvgIpc) is 3.09. The summed E-state index contributed by atoms with van der Waals surface area (Å²) in [5, 5.41) is 14.6. The van der Waals surface area contributed by atoms with E-state index < -0.39 is 5.60 Å². The Hall–Kier alpha value is -2.48. The first-order chi connectivity index (χ1) is 11.9. The molecule has 0 bridgehead atoms. The summed E-state index contributed by atoms with van der Waals surface area (Å²) in [5.74, 6) is 0.636. The zero-order valence-electron chi connectivity index (χ0n) is 14.8. The number of benzene rings is 1. The molecule has 0 aliphatic carbocycles. The molecule has 0 saturated carbocycles. The summed E-state index contributed by atoms with van der Waals surface area (Å²) in [6.07, 6.45) is -0.261. The van der Waals surface area contributed by atoms with Crippen LogP contribution in [0.25, 0.3) is 0 Å². The zero-order chi connectivity index (χ0) is 17.9. The van der Waals surface area contributed by atoms with Gasteiger partial charge in [0.05, 0.1) is 6.04 Å². The molecular formula is C17H24N6O2. The van der Waals surface area contributed by atoms with Gasteiger partial charge in [-0.15, -0.1) is 10.2 Å². The molecule has 0 spiro atoms. The molecule has 0 radical (unpaired) electrons. The van der Waals surface area contributed by atoms with Gasteiger partial charge in [0.15, 0.2) is 5.82 Å². The van der Waals surface area contributed by atoms with E-state index in [0.717, 1.165) is 5.56 Å². The highest BCUT2D eigenvalue weighted by atomic mass is 16.6. The highest BCUT2D eigenvalue weighted by Gasteiger charge is 2.32. The number of nitrogens with zero attached hydrogens (tertiary/aromatic N) is 5. The van der Waals surface area contributed by atoms with Crippen molar-refractivity contribution in [3.63, 3.8) is 0 Å².